The Morgan fingerprint density at radius 2 is 2.00 bits per heavy atom. The molecule has 2 heterocycles. The number of carbonyl (C=O) groups excluding carboxylic acids is 1. The Morgan fingerprint density at radius 3 is 2.64 bits per heavy atom. The van der Waals surface area contributed by atoms with Crippen LogP contribution in [0, 0.1) is 0 Å². The Hall–Kier alpha value is -3.19. The third-order valence-electron chi connectivity index (χ3n) is 4.39. The molecule has 0 saturated heterocycles. The average Bonchev–Trinajstić information content (AvgIpc) is 3.23. The number of furan rings is 1. The zero-order chi connectivity index (χ0) is 19.9. The average molecular weight is 379 g/mol. The number of amides is 1. The van der Waals surface area contributed by atoms with Crippen molar-refractivity contribution >= 4 is 11.7 Å². The fourth-order valence-corrected chi connectivity index (χ4v) is 2.89. The maximum Gasteiger partial charge on any atom is 0.251 e. The van der Waals surface area contributed by atoms with Gasteiger partial charge >= 0.3 is 0 Å². The first-order valence-electron chi connectivity index (χ1n) is 9.24. The molecule has 1 atom stereocenters. The van der Waals surface area contributed by atoms with E-state index < -0.39 is 0 Å². The van der Waals surface area contributed by atoms with Crippen molar-refractivity contribution in [3.8, 4) is 11.3 Å². The number of benzene rings is 1. The molecule has 3 aromatic rings. The van der Waals surface area contributed by atoms with Gasteiger partial charge in [-0.2, -0.15) is 0 Å². The number of hydrogen-bond acceptors (Lipinski definition) is 6. The molecule has 2 aromatic heterocycles. The maximum absolute atomic E-state index is 12.7. The monoisotopic (exact) mass is 379 g/mol. The van der Waals surface area contributed by atoms with E-state index >= 15 is 0 Å². The van der Waals surface area contributed by atoms with Crippen LogP contribution in [0.1, 0.15) is 29.1 Å². The van der Waals surface area contributed by atoms with Crippen molar-refractivity contribution in [2.45, 2.75) is 13.0 Å². The molecular weight excluding hydrogens is 354 g/mol. The van der Waals surface area contributed by atoms with Gasteiger partial charge in [0.05, 0.1) is 18.0 Å². The minimum absolute atomic E-state index is 0.0355. The van der Waals surface area contributed by atoms with E-state index in [1.165, 1.54) is 0 Å². The van der Waals surface area contributed by atoms with E-state index in [2.05, 4.69) is 20.8 Å². The first-order valence-corrected chi connectivity index (χ1v) is 9.24. The molecule has 28 heavy (non-hydrogen) atoms. The quantitative estimate of drug-likeness (QED) is 0.625. The number of rotatable bonds is 8. The second-order valence-corrected chi connectivity index (χ2v) is 6.62. The standard InChI is InChI=1S/C21H25N5O2/c1-4-22-20-11-10-17(24-25-20)15-7-5-8-16(13-15)21(27)23-14-18(26(2)3)19-9-6-12-28-19/h5-13,18H,4,14H2,1-3H3,(H,22,25)(H,23,27). The van der Waals surface area contributed by atoms with E-state index in [0.717, 1.165) is 29.4 Å². The Labute approximate surface area is 164 Å². The minimum atomic E-state index is -0.141. The van der Waals surface area contributed by atoms with Crippen molar-refractivity contribution in [1.29, 1.82) is 0 Å². The maximum atomic E-state index is 12.7. The predicted octanol–water partition coefficient (Wildman–Crippen LogP) is 3.20. The molecule has 0 radical (unpaired) electrons. The molecular formula is C21H25N5O2. The van der Waals surface area contributed by atoms with Crippen LogP contribution in [0.2, 0.25) is 0 Å². The number of nitrogens with one attached hydrogen (secondary N) is 2. The van der Waals surface area contributed by atoms with Gasteiger partial charge in [-0.1, -0.05) is 12.1 Å². The Balaban J connectivity index is 1.69. The number of aromatic nitrogens is 2. The molecule has 0 fully saturated rings. The first kappa shape index (κ1) is 19.6. The molecule has 0 aliphatic heterocycles. The number of carbonyl (C=O) groups is 1. The summed E-state index contributed by atoms with van der Waals surface area (Å²) < 4.78 is 5.49. The van der Waals surface area contributed by atoms with Crippen molar-refractivity contribution in [1.82, 2.24) is 20.4 Å². The molecule has 0 saturated carbocycles. The summed E-state index contributed by atoms with van der Waals surface area (Å²) in [4.78, 5) is 14.7. The van der Waals surface area contributed by atoms with Gasteiger partial charge in [0.15, 0.2) is 0 Å². The topological polar surface area (TPSA) is 83.3 Å². The molecule has 7 nitrogen and oxygen atoms in total. The zero-order valence-electron chi connectivity index (χ0n) is 16.3. The summed E-state index contributed by atoms with van der Waals surface area (Å²) in [5.74, 6) is 1.40. The lowest BCUT2D eigenvalue weighted by atomic mass is 10.1. The van der Waals surface area contributed by atoms with Crippen LogP contribution in [-0.4, -0.2) is 48.2 Å². The van der Waals surface area contributed by atoms with Crippen molar-refractivity contribution in [3.05, 3.63) is 66.1 Å². The van der Waals surface area contributed by atoms with Crippen LogP contribution in [0.3, 0.4) is 0 Å². The Kier molecular flexibility index (Phi) is 6.39. The van der Waals surface area contributed by atoms with Crippen LogP contribution < -0.4 is 10.6 Å². The lowest BCUT2D eigenvalue weighted by Gasteiger charge is -2.22. The molecule has 0 aliphatic rings. The van der Waals surface area contributed by atoms with Crippen LogP contribution in [0.15, 0.2) is 59.2 Å². The predicted molar refractivity (Wildman–Crippen MR) is 109 cm³/mol. The van der Waals surface area contributed by atoms with Gasteiger partial charge in [0, 0.05) is 24.2 Å². The highest BCUT2D eigenvalue weighted by atomic mass is 16.3. The fourth-order valence-electron chi connectivity index (χ4n) is 2.89. The number of likely N-dealkylation sites (N-methyl/N-ethyl adjacent to an activating group) is 1. The van der Waals surface area contributed by atoms with E-state index in [0.29, 0.717) is 12.1 Å². The molecule has 2 N–H and O–H groups in total. The van der Waals surface area contributed by atoms with E-state index in [1.807, 2.05) is 68.4 Å². The van der Waals surface area contributed by atoms with Gasteiger partial charge in [0.2, 0.25) is 0 Å². The Bertz CT molecular complexity index is 891. The van der Waals surface area contributed by atoms with Gasteiger partial charge in [-0.05, 0) is 57.4 Å². The van der Waals surface area contributed by atoms with Crippen molar-refractivity contribution in [3.63, 3.8) is 0 Å². The molecule has 1 aromatic carbocycles. The van der Waals surface area contributed by atoms with E-state index in [9.17, 15) is 4.79 Å². The minimum Gasteiger partial charge on any atom is -0.468 e. The summed E-state index contributed by atoms with van der Waals surface area (Å²) in [5, 5.41) is 14.5. The van der Waals surface area contributed by atoms with Crippen molar-refractivity contribution < 1.29 is 9.21 Å². The lowest BCUT2D eigenvalue weighted by molar-refractivity contribution is 0.0939. The van der Waals surface area contributed by atoms with Crippen molar-refractivity contribution in [2.75, 3.05) is 32.5 Å². The van der Waals surface area contributed by atoms with Gasteiger partial charge < -0.3 is 15.1 Å². The molecule has 146 valence electrons. The van der Waals surface area contributed by atoms with Crippen LogP contribution in [0.25, 0.3) is 11.3 Å². The molecule has 1 unspecified atom stereocenters. The number of nitrogens with zero attached hydrogens (tertiary/aromatic N) is 3. The summed E-state index contributed by atoms with van der Waals surface area (Å²) in [7, 11) is 3.91. The van der Waals surface area contributed by atoms with Gasteiger partial charge in [0.25, 0.3) is 5.91 Å². The third kappa shape index (κ3) is 4.75. The highest BCUT2D eigenvalue weighted by Gasteiger charge is 2.18. The first-order chi connectivity index (χ1) is 13.6. The fraction of sp³-hybridized carbons (Fsp3) is 0.286. The lowest BCUT2D eigenvalue weighted by Crippen LogP contribution is -2.34. The summed E-state index contributed by atoms with van der Waals surface area (Å²) in [5.41, 5.74) is 2.14. The summed E-state index contributed by atoms with van der Waals surface area (Å²) in [6, 6.07) is 14.9. The summed E-state index contributed by atoms with van der Waals surface area (Å²) in [6.07, 6.45) is 1.64. The summed E-state index contributed by atoms with van der Waals surface area (Å²) in [6.45, 7) is 3.24. The van der Waals surface area contributed by atoms with Crippen LogP contribution in [-0.2, 0) is 0 Å². The van der Waals surface area contributed by atoms with Gasteiger partial charge in [0.1, 0.15) is 11.6 Å². The molecule has 7 heteroatoms. The largest absolute Gasteiger partial charge is 0.468 e. The highest BCUT2D eigenvalue weighted by Crippen LogP contribution is 2.20. The SMILES string of the molecule is CCNc1ccc(-c2cccc(C(=O)NCC(c3ccco3)N(C)C)c2)nn1. The third-order valence-corrected chi connectivity index (χ3v) is 4.39. The molecule has 0 spiro atoms. The van der Waals surface area contributed by atoms with E-state index in [4.69, 9.17) is 4.42 Å². The smallest absolute Gasteiger partial charge is 0.251 e. The van der Waals surface area contributed by atoms with Crippen LogP contribution >= 0.6 is 0 Å². The summed E-state index contributed by atoms with van der Waals surface area (Å²) >= 11 is 0. The van der Waals surface area contributed by atoms with E-state index in [1.54, 1.807) is 12.3 Å². The second-order valence-electron chi connectivity index (χ2n) is 6.62. The van der Waals surface area contributed by atoms with Gasteiger partial charge in [-0.3, -0.25) is 9.69 Å². The zero-order valence-corrected chi connectivity index (χ0v) is 16.3. The molecule has 0 aliphatic carbocycles. The Morgan fingerprint density at radius 1 is 1.14 bits per heavy atom. The van der Waals surface area contributed by atoms with Gasteiger partial charge in [-0.15, -0.1) is 10.2 Å². The normalized spacial score (nSPS) is 12.0. The second kappa shape index (κ2) is 9.14. The van der Waals surface area contributed by atoms with Crippen molar-refractivity contribution in [2.24, 2.45) is 0 Å². The number of anilines is 1. The number of hydrogen-bond donors (Lipinski definition) is 2. The van der Waals surface area contributed by atoms with Gasteiger partial charge in [-0.25, -0.2) is 0 Å². The highest BCUT2D eigenvalue weighted by molar-refractivity contribution is 5.95. The molecule has 3 rings (SSSR count). The van der Waals surface area contributed by atoms with E-state index in [-0.39, 0.29) is 11.9 Å². The molecule has 1 amide bonds. The van der Waals surface area contributed by atoms with Crippen LogP contribution in [0.4, 0.5) is 5.82 Å². The van der Waals surface area contributed by atoms with Crippen LogP contribution in [0.5, 0.6) is 0 Å². The molecule has 0 bridgehead atoms.